The van der Waals surface area contributed by atoms with Gasteiger partial charge in [-0.25, -0.2) is 0 Å². The highest BCUT2D eigenvalue weighted by atomic mass is 32.2. The van der Waals surface area contributed by atoms with Gasteiger partial charge >= 0.3 is 0 Å². The molecule has 2 N–H and O–H groups in total. The summed E-state index contributed by atoms with van der Waals surface area (Å²) in [6.45, 7) is 0.487. The van der Waals surface area contributed by atoms with Gasteiger partial charge in [-0.05, 0) is 30.7 Å². The van der Waals surface area contributed by atoms with E-state index in [2.05, 4.69) is 5.32 Å². The maximum Gasteiger partial charge on any atom is 0.220 e. The number of carbonyl (C=O) groups excluding carboxylic acids is 1. The molecule has 1 amide bonds. The molecule has 2 aromatic rings. The molecule has 4 nitrogen and oxygen atoms in total. The highest BCUT2D eigenvalue weighted by molar-refractivity contribution is 7.99. The summed E-state index contributed by atoms with van der Waals surface area (Å²) in [5, 5.41) is 12.9. The largest absolute Gasteiger partial charge is 0.387 e. The summed E-state index contributed by atoms with van der Waals surface area (Å²) < 4.78 is 1.89. The fourth-order valence-corrected chi connectivity index (χ4v) is 3.06. The summed E-state index contributed by atoms with van der Waals surface area (Å²) in [4.78, 5) is 12.9. The first kappa shape index (κ1) is 16.6. The molecule has 0 fully saturated rings. The Morgan fingerprint density at radius 1 is 1.27 bits per heavy atom. The van der Waals surface area contributed by atoms with E-state index in [1.807, 2.05) is 60.3 Å². The van der Waals surface area contributed by atoms with Crippen LogP contribution in [-0.2, 0) is 11.8 Å². The van der Waals surface area contributed by atoms with Crippen molar-refractivity contribution < 1.29 is 9.90 Å². The molecule has 0 spiro atoms. The third-order valence-corrected chi connectivity index (χ3v) is 4.42. The van der Waals surface area contributed by atoms with Crippen molar-refractivity contribution in [1.82, 2.24) is 9.88 Å². The third-order valence-electron chi connectivity index (χ3n) is 3.41. The van der Waals surface area contributed by atoms with E-state index in [9.17, 15) is 9.90 Å². The molecule has 1 aromatic carbocycles. The van der Waals surface area contributed by atoms with Gasteiger partial charge in [0.15, 0.2) is 0 Å². The summed E-state index contributed by atoms with van der Waals surface area (Å²) in [5.74, 6) is 0.790. The van der Waals surface area contributed by atoms with E-state index in [0.29, 0.717) is 19.4 Å². The highest BCUT2D eigenvalue weighted by Crippen LogP contribution is 2.18. The molecule has 0 aliphatic heterocycles. The Kier molecular flexibility index (Phi) is 6.55. The Morgan fingerprint density at radius 2 is 2.05 bits per heavy atom. The molecule has 22 heavy (non-hydrogen) atoms. The molecule has 1 aromatic heterocycles. The van der Waals surface area contributed by atoms with Gasteiger partial charge in [-0.1, -0.05) is 18.2 Å². The van der Waals surface area contributed by atoms with Crippen LogP contribution < -0.4 is 5.32 Å². The molecule has 5 heteroatoms. The molecular formula is C17H22N2O2S. The number of aliphatic hydroxyl groups is 1. The fourth-order valence-electron chi connectivity index (χ4n) is 2.18. The summed E-state index contributed by atoms with van der Waals surface area (Å²) >= 11 is 1.67. The number of amides is 1. The Bertz CT molecular complexity index is 583. The van der Waals surface area contributed by atoms with Crippen molar-refractivity contribution in [2.75, 3.05) is 12.3 Å². The first-order chi connectivity index (χ1) is 10.7. The maximum absolute atomic E-state index is 11.8. The van der Waals surface area contributed by atoms with Gasteiger partial charge in [-0.3, -0.25) is 4.79 Å². The first-order valence-electron chi connectivity index (χ1n) is 7.40. The maximum atomic E-state index is 11.8. The molecular weight excluding hydrogens is 296 g/mol. The summed E-state index contributed by atoms with van der Waals surface area (Å²) in [5.41, 5.74) is 0.869. The van der Waals surface area contributed by atoms with E-state index in [0.717, 1.165) is 11.4 Å². The molecule has 118 valence electrons. The average Bonchev–Trinajstić information content (AvgIpc) is 2.94. The summed E-state index contributed by atoms with van der Waals surface area (Å²) in [6, 6.07) is 13.8. The van der Waals surface area contributed by atoms with E-state index < -0.39 is 6.10 Å². The van der Waals surface area contributed by atoms with Crippen LogP contribution >= 0.6 is 11.8 Å². The number of thioether (sulfide) groups is 1. The molecule has 0 saturated carbocycles. The van der Waals surface area contributed by atoms with Crippen molar-refractivity contribution >= 4 is 17.7 Å². The van der Waals surface area contributed by atoms with Crippen LogP contribution in [-0.4, -0.2) is 27.9 Å². The average molecular weight is 318 g/mol. The van der Waals surface area contributed by atoms with Crippen LogP contribution in [0.2, 0.25) is 0 Å². The van der Waals surface area contributed by atoms with Gasteiger partial charge in [-0.2, -0.15) is 0 Å². The van der Waals surface area contributed by atoms with E-state index in [4.69, 9.17) is 0 Å². The van der Waals surface area contributed by atoms with Gasteiger partial charge in [0.2, 0.25) is 5.91 Å². The second-order valence-electron chi connectivity index (χ2n) is 5.11. The number of hydrogen-bond acceptors (Lipinski definition) is 3. The van der Waals surface area contributed by atoms with E-state index in [-0.39, 0.29) is 5.91 Å². The molecule has 0 aliphatic carbocycles. The molecule has 0 saturated heterocycles. The number of aromatic nitrogens is 1. The third kappa shape index (κ3) is 5.24. The Labute approximate surface area is 135 Å². The predicted molar refractivity (Wildman–Crippen MR) is 89.8 cm³/mol. The SMILES string of the molecule is Cn1cccc1[C@H](O)CCNC(=O)CCSc1ccccc1. The van der Waals surface area contributed by atoms with Crippen molar-refractivity contribution in [1.29, 1.82) is 0 Å². The lowest BCUT2D eigenvalue weighted by molar-refractivity contribution is -0.120. The minimum Gasteiger partial charge on any atom is -0.387 e. The second-order valence-corrected chi connectivity index (χ2v) is 6.28. The number of rotatable bonds is 8. The van der Waals surface area contributed by atoms with Crippen molar-refractivity contribution in [2.45, 2.75) is 23.8 Å². The van der Waals surface area contributed by atoms with Crippen molar-refractivity contribution in [3.05, 3.63) is 54.4 Å². The van der Waals surface area contributed by atoms with E-state index in [1.54, 1.807) is 11.8 Å². The van der Waals surface area contributed by atoms with Gasteiger partial charge in [0.05, 0.1) is 6.10 Å². The number of aryl methyl sites for hydroxylation is 1. The van der Waals surface area contributed by atoms with Crippen LogP contribution in [0.5, 0.6) is 0 Å². The quantitative estimate of drug-likeness (QED) is 0.736. The van der Waals surface area contributed by atoms with Crippen molar-refractivity contribution in [2.24, 2.45) is 7.05 Å². The second kappa shape index (κ2) is 8.66. The molecule has 0 radical (unpaired) electrons. The lowest BCUT2D eigenvalue weighted by Gasteiger charge is -2.12. The Morgan fingerprint density at radius 3 is 2.73 bits per heavy atom. The molecule has 1 atom stereocenters. The summed E-state index contributed by atoms with van der Waals surface area (Å²) in [7, 11) is 1.90. The van der Waals surface area contributed by atoms with E-state index >= 15 is 0 Å². The van der Waals surface area contributed by atoms with Gasteiger partial charge < -0.3 is 15.0 Å². The standard InChI is InChI=1S/C17H22N2O2S/c1-19-12-5-8-15(19)16(20)9-11-18-17(21)10-13-22-14-6-3-2-4-7-14/h2-8,12,16,20H,9-11,13H2,1H3,(H,18,21)/t16-/m1/s1. The van der Waals surface area contributed by atoms with Crippen LogP contribution in [0.3, 0.4) is 0 Å². The zero-order valence-corrected chi connectivity index (χ0v) is 13.6. The molecule has 2 rings (SSSR count). The fraction of sp³-hybridized carbons (Fsp3) is 0.353. The topological polar surface area (TPSA) is 54.3 Å². The first-order valence-corrected chi connectivity index (χ1v) is 8.39. The van der Waals surface area contributed by atoms with Crippen LogP contribution in [0.4, 0.5) is 0 Å². The lowest BCUT2D eigenvalue weighted by Crippen LogP contribution is -2.26. The van der Waals surface area contributed by atoms with Gasteiger partial charge in [0.25, 0.3) is 0 Å². The predicted octanol–water partition coefficient (Wildman–Crippen LogP) is 2.75. The number of carbonyl (C=O) groups is 1. The molecule has 0 unspecified atom stereocenters. The van der Waals surface area contributed by atoms with Gasteiger partial charge in [0.1, 0.15) is 0 Å². The monoisotopic (exact) mass is 318 g/mol. The normalized spacial score (nSPS) is 12.1. The molecule has 1 heterocycles. The molecule has 0 bridgehead atoms. The Balaban J connectivity index is 1.61. The highest BCUT2D eigenvalue weighted by Gasteiger charge is 2.10. The van der Waals surface area contributed by atoms with E-state index in [1.165, 1.54) is 4.90 Å². The number of benzene rings is 1. The van der Waals surface area contributed by atoms with Gasteiger partial charge in [-0.15, -0.1) is 11.8 Å². The summed E-state index contributed by atoms with van der Waals surface area (Å²) in [6.07, 6.45) is 2.37. The number of hydrogen-bond donors (Lipinski definition) is 2. The van der Waals surface area contributed by atoms with Crippen LogP contribution in [0.25, 0.3) is 0 Å². The lowest BCUT2D eigenvalue weighted by atomic mass is 10.2. The smallest absolute Gasteiger partial charge is 0.220 e. The zero-order chi connectivity index (χ0) is 15.8. The minimum atomic E-state index is -0.543. The number of nitrogens with zero attached hydrogens (tertiary/aromatic N) is 1. The van der Waals surface area contributed by atoms with Crippen molar-refractivity contribution in [3.63, 3.8) is 0 Å². The number of nitrogens with one attached hydrogen (secondary N) is 1. The van der Waals surface area contributed by atoms with Gasteiger partial charge in [0, 0.05) is 42.6 Å². The minimum absolute atomic E-state index is 0.0301. The zero-order valence-electron chi connectivity index (χ0n) is 12.7. The van der Waals surface area contributed by atoms with Crippen LogP contribution in [0, 0.1) is 0 Å². The van der Waals surface area contributed by atoms with Crippen molar-refractivity contribution in [3.8, 4) is 0 Å². The van der Waals surface area contributed by atoms with Crippen LogP contribution in [0.1, 0.15) is 24.6 Å². The number of aliphatic hydroxyl groups excluding tert-OH is 1. The van der Waals surface area contributed by atoms with Crippen LogP contribution in [0.15, 0.2) is 53.6 Å². The molecule has 0 aliphatic rings. The Hall–Kier alpha value is -1.72.